The molecule has 0 saturated heterocycles. The number of aliphatic hydroxyl groups excluding tert-OH is 1. The molecule has 4 nitrogen and oxygen atoms in total. The molecule has 2 N–H and O–H groups in total. The lowest BCUT2D eigenvalue weighted by molar-refractivity contribution is 0.259. The predicted octanol–water partition coefficient (Wildman–Crippen LogP) is 2.56. The van der Waals surface area contributed by atoms with Crippen molar-refractivity contribution in [3.8, 4) is 0 Å². The van der Waals surface area contributed by atoms with E-state index in [-0.39, 0.29) is 12.6 Å². The van der Waals surface area contributed by atoms with Gasteiger partial charge < -0.3 is 10.4 Å². The van der Waals surface area contributed by atoms with E-state index in [2.05, 4.69) is 29.1 Å². The van der Waals surface area contributed by atoms with Crippen molar-refractivity contribution in [2.75, 3.05) is 11.9 Å². The summed E-state index contributed by atoms with van der Waals surface area (Å²) in [6.07, 6.45) is 8.41. The van der Waals surface area contributed by atoms with E-state index in [0.717, 1.165) is 25.1 Å². The Balaban J connectivity index is 2.15. The summed E-state index contributed by atoms with van der Waals surface area (Å²) < 4.78 is 0. The predicted molar refractivity (Wildman–Crippen MR) is 77.2 cm³/mol. The van der Waals surface area contributed by atoms with Crippen LogP contribution in [0.15, 0.2) is 6.33 Å². The van der Waals surface area contributed by atoms with E-state index in [1.165, 1.54) is 30.5 Å². The SMILES string of the molecule is CC(C)CC(CO)Nc1ncnc2c1CCCCC2. The quantitative estimate of drug-likeness (QED) is 0.802. The molecule has 1 heterocycles. The second kappa shape index (κ2) is 6.85. The van der Waals surface area contributed by atoms with Gasteiger partial charge in [-0.3, -0.25) is 0 Å². The molecule has 1 aliphatic carbocycles. The van der Waals surface area contributed by atoms with Crippen molar-refractivity contribution < 1.29 is 5.11 Å². The molecule has 106 valence electrons. The summed E-state index contributed by atoms with van der Waals surface area (Å²) in [7, 11) is 0. The first-order valence-electron chi connectivity index (χ1n) is 7.41. The number of nitrogens with zero attached hydrogens (tertiary/aromatic N) is 2. The first-order valence-corrected chi connectivity index (χ1v) is 7.41. The maximum atomic E-state index is 9.49. The van der Waals surface area contributed by atoms with Crippen molar-refractivity contribution in [3.63, 3.8) is 0 Å². The monoisotopic (exact) mass is 263 g/mol. The molecule has 0 bridgehead atoms. The van der Waals surface area contributed by atoms with Crippen LogP contribution in [0.5, 0.6) is 0 Å². The number of hydrogen-bond donors (Lipinski definition) is 2. The number of aryl methyl sites for hydroxylation is 1. The van der Waals surface area contributed by atoms with E-state index in [4.69, 9.17) is 0 Å². The van der Waals surface area contributed by atoms with Gasteiger partial charge in [0.2, 0.25) is 0 Å². The van der Waals surface area contributed by atoms with Crippen LogP contribution >= 0.6 is 0 Å². The number of fused-ring (bicyclic) bond motifs is 1. The number of nitrogens with one attached hydrogen (secondary N) is 1. The summed E-state index contributed by atoms with van der Waals surface area (Å²) in [6, 6.07) is 0.0854. The van der Waals surface area contributed by atoms with Crippen LogP contribution in [0.4, 0.5) is 5.82 Å². The molecule has 1 aromatic heterocycles. The van der Waals surface area contributed by atoms with E-state index < -0.39 is 0 Å². The van der Waals surface area contributed by atoms with Crippen LogP contribution in [0.25, 0.3) is 0 Å². The Morgan fingerprint density at radius 2 is 2.00 bits per heavy atom. The van der Waals surface area contributed by atoms with Crippen LogP contribution in [-0.2, 0) is 12.8 Å². The lowest BCUT2D eigenvalue weighted by atomic mass is 10.0. The molecular formula is C15H25N3O. The van der Waals surface area contributed by atoms with Crippen LogP contribution in [0.2, 0.25) is 0 Å². The standard InChI is InChI=1S/C15H25N3O/c1-11(2)8-12(9-19)18-15-13-6-4-3-5-7-14(13)16-10-17-15/h10-12,19H,3-9H2,1-2H3,(H,16,17,18). The highest BCUT2D eigenvalue weighted by molar-refractivity contribution is 5.47. The highest BCUT2D eigenvalue weighted by Crippen LogP contribution is 2.24. The molecule has 0 radical (unpaired) electrons. The molecular weight excluding hydrogens is 238 g/mol. The fourth-order valence-electron chi connectivity index (χ4n) is 2.76. The lowest BCUT2D eigenvalue weighted by Gasteiger charge is -2.21. The summed E-state index contributed by atoms with van der Waals surface area (Å²) in [6.45, 7) is 4.49. The molecule has 1 unspecified atom stereocenters. The van der Waals surface area contributed by atoms with Gasteiger partial charge in [-0.15, -0.1) is 0 Å². The van der Waals surface area contributed by atoms with Crippen LogP contribution < -0.4 is 5.32 Å². The Bertz CT molecular complexity index is 406. The Hall–Kier alpha value is -1.16. The van der Waals surface area contributed by atoms with Crippen molar-refractivity contribution in [1.29, 1.82) is 0 Å². The van der Waals surface area contributed by atoms with Gasteiger partial charge in [-0.05, 0) is 38.0 Å². The van der Waals surface area contributed by atoms with Crippen molar-refractivity contribution in [2.24, 2.45) is 5.92 Å². The molecule has 1 aliphatic rings. The van der Waals surface area contributed by atoms with Gasteiger partial charge in [-0.1, -0.05) is 20.3 Å². The topological polar surface area (TPSA) is 58.0 Å². The Morgan fingerprint density at radius 1 is 1.21 bits per heavy atom. The first kappa shape index (κ1) is 14.3. The Labute approximate surface area is 115 Å². The normalized spacial score (nSPS) is 16.8. The van der Waals surface area contributed by atoms with Crippen molar-refractivity contribution in [1.82, 2.24) is 9.97 Å². The molecule has 0 aromatic carbocycles. The molecule has 0 spiro atoms. The molecule has 19 heavy (non-hydrogen) atoms. The van der Waals surface area contributed by atoms with Crippen LogP contribution in [-0.4, -0.2) is 27.7 Å². The molecule has 0 aliphatic heterocycles. The van der Waals surface area contributed by atoms with Crippen molar-refractivity contribution in [2.45, 2.75) is 58.4 Å². The van der Waals surface area contributed by atoms with Gasteiger partial charge in [-0.25, -0.2) is 9.97 Å². The van der Waals surface area contributed by atoms with Gasteiger partial charge in [0.25, 0.3) is 0 Å². The number of anilines is 1. The maximum absolute atomic E-state index is 9.49. The van der Waals surface area contributed by atoms with Crippen LogP contribution in [0, 0.1) is 5.92 Å². The molecule has 4 heteroatoms. The number of rotatable bonds is 5. The first-order chi connectivity index (χ1) is 9.20. The van der Waals surface area contributed by atoms with Gasteiger partial charge in [-0.2, -0.15) is 0 Å². The Kier molecular flexibility index (Phi) is 5.14. The van der Waals surface area contributed by atoms with Crippen molar-refractivity contribution in [3.05, 3.63) is 17.6 Å². The minimum Gasteiger partial charge on any atom is -0.394 e. The third kappa shape index (κ3) is 3.90. The smallest absolute Gasteiger partial charge is 0.133 e. The highest BCUT2D eigenvalue weighted by atomic mass is 16.3. The third-order valence-electron chi connectivity index (χ3n) is 3.69. The zero-order chi connectivity index (χ0) is 13.7. The molecule has 1 aromatic rings. The summed E-state index contributed by atoms with van der Waals surface area (Å²) in [5.74, 6) is 1.50. The fourth-order valence-corrected chi connectivity index (χ4v) is 2.76. The Morgan fingerprint density at radius 3 is 2.74 bits per heavy atom. The second-order valence-corrected chi connectivity index (χ2v) is 5.86. The van der Waals surface area contributed by atoms with E-state index in [0.29, 0.717) is 5.92 Å². The van der Waals surface area contributed by atoms with E-state index in [9.17, 15) is 5.11 Å². The van der Waals surface area contributed by atoms with E-state index in [1.807, 2.05) is 0 Å². The minimum absolute atomic E-state index is 0.0854. The fraction of sp³-hybridized carbons (Fsp3) is 0.733. The van der Waals surface area contributed by atoms with Crippen molar-refractivity contribution >= 4 is 5.82 Å². The average Bonchev–Trinajstić information content (AvgIpc) is 2.63. The lowest BCUT2D eigenvalue weighted by Crippen LogP contribution is -2.27. The molecule has 2 rings (SSSR count). The van der Waals surface area contributed by atoms with Gasteiger partial charge >= 0.3 is 0 Å². The second-order valence-electron chi connectivity index (χ2n) is 5.86. The largest absolute Gasteiger partial charge is 0.394 e. The summed E-state index contributed by atoms with van der Waals surface area (Å²) in [4.78, 5) is 8.82. The zero-order valence-corrected chi connectivity index (χ0v) is 12.0. The van der Waals surface area contributed by atoms with E-state index >= 15 is 0 Å². The van der Waals surface area contributed by atoms with Crippen LogP contribution in [0.3, 0.4) is 0 Å². The minimum atomic E-state index is 0.0854. The summed E-state index contributed by atoms with van der Waals surface area (Å²) in [5, 5.41) is 12.9. The van der Waals surface area contributed by atoms with Gasteiger partial charge in [0.1, 0.15) is 12.1 Å². The molecule has 0 fully saturated rings. The van der Waals surface area contributed by atoms with Gasteiger partial charge in [0.05, 0.1) is 12.6 Å². The molecule has 0 saturated carbocycles. The van der Waals surface area contributed by atoms with Gasteiger partial charge in [0, 0.05) is 11.3 Å². The maximum Gasteiger partial charge on any atom is 0.133 e. The zero-order valence-electron chi connectivity index (χ0n) is 12.0. The number of hydrogen-bond acceptors (Lipinski definition) is 4. The van der Waals surface area contributed by atoms with Crippen LogP contribution in [0.1, 0.15) is 50.8 Å². The summed E-state index contributed by atoms with van der Waals surface area (Å²) in [5.41, 5.74) is 2.46. The molecule has 0 amide bonds. The third-order valence-corrected chi connectivity index (χ3v) is 3.69. The number of aromatic nitrogens is 2. The van der Waals surface area contributed by atoms with E-state index in [1.54, 1.807) is 6.33 Å². The molecule has 1 atom stereocenters. The number of aliphatic hydroxyl groups is 1. The van der Waals surface area contributed by atoms with Gasteiger partial charge in [0.15, 0.2) is 0 Å². The average molecular weight is 263 g/mol. The highest BCUT2D eigenvalue weighted by Gasteiger charge is 2.17. The summed E-state index contributed by atoms with van der Waals surface area (Å²) >= 11 is 0.